The first-order chi connectivity index (χ1) is 13.0. The van der Waals surface area contributed by atoms with Crippen molar-refractivity contribution < 1.29 is 4.79 Å². The molecule has 0 aliphatic carbocycles. The molecule has 0 aliphatic heterocycles. The van der Waals surface area contributed by atoms with Crippen molar-refractivity contribution in [1.29, 1.82) is 0 Å². The van der Waals surface area contributed by atoms with E-state index in [9.17, 15) is 4.79 Å². The van der Waals surface area contributed by atoms with Crippen LogP contribution >= 0.6 is 47.3 Å². The lowest BCUT2D eigenvalue weighted by molar-refractivity contribution is 0.0982. The van der Waals surface area contributed by atoms with E-state index in [1.165, 1.54) is 4.90 Å². The number of rotatable bonds is 7. The smallest absolute Gasteiger partial charge is 0.261 e. The van der Waals surface area contributed by atoms with Crippen molar-refractivity contribution in [3.63, 3.8) is 0 Å². The van der Waals surface area contributed by atoms with Crippen LogP contribution in [0, 0.1) is 0 Å². The standard InChI is InChI=1S/C20H23N3OS3.ClH/c1-22(2)11-12-23(19(24)15-7-5-6-8-17(15)26-4)20-21-16-10-9-14(25-3)13-18(16)27-20;/h5-10,13H,11-12H2,1-4H3;1H. The number of fused-ring (bicyclic) bond motifs is 1. The fourth-order valence-electron chi connectivity index (χ4n) is 2.69. The van der Waals surface area contributed by atoms with Crippen molar-refractivity contribution >= 4 is 68.5 Å². The van der Waals surface area contributed by atoms with Gasteiger partial charge in [-0.15, -0.1) is 35.9 Å². The number of nitrogens with zero attached hydrogens (tertiary/aromatic N) is 3. The first-order valence-corrected chi connectivity index (χ1v) is 11.8. The van der Waals surface area contributed by atoms with Gasteiger partial charge in [0.05, 0.1) is 15.8 Å². The Hall–Kier alpha value is -1.25. The van der Waals surface area contributed by atoms with Crippen molar-refractivity contribution in [3.8, 4) is 0 Å². The second kappa shape index (κ2) is 10.5. The van der Waals surface area contributed by atoms with Gasteiger partial charge in [0.1, 0.15) is 0 Å². The van der Waals surface area contributed by atoms with E-state index in [1.54, 1.807) is 34.9 Å². The summed E-state index contributed by atoms with van der Waals surface area (Å²) in [5.74, 6) is 0.00551. The summed E-state index contributed by atoms with van der Waals surface area (Å²) < 4.78 is 1.11. The van der Waals surface area contributed by atoms with E-state index in [-0.39, 0.29) is 18.3 Å². The van der Waals surface area contributed by atoms with Gasteiger partial charge >= 0.3 is 0 Å². The van der Waals surface area contributed by atoms with Crippen LogP contribution in [0.2, 0.25) is 0 Å². The van der Waals surface area contributed by atoms with Crippen LogP contribution in [0.1, 0.15) is 10.4 Å². The zero-order valence-corrected chi connectivity index (χ0v) is 19.6. The molecule has 0 N–H and O–H groups in total. The van der Waals surface area contributed by atoms with Gasteiger partial charge in [-0.3, -0.25) is 9.69 Å². The predicted octanol–water partition coefficient (Wildman–Crippen LogP) is 5.37. The van der Waals surface area contributed by atoms with Crippen molar-refractivity contribution in [3.05, 3.63) is 48.0 Å². The van der Waals surface area contributed by atoms with Gasteiger partial charge in [0, 0.05) is 22.9 Å². The maximum atomic E-state index is 13.4. The number of carbonyl (C=O) groups is 1. The van der Waals surface area contributed by atoms with Crippen LogP contribution in [-0.4, -0.2) is 55.5 Å². The third-order valence-corrected chi connectivity index (χ3v) is 6.73. The van der Waals surface area contributed by atoms with Gasteiger partial charge in [0.2, 0.25) is 0 Å². The Balaban J connectivity index is 0.00000280. The zero-order chi connectivity index (χ0) is 19.4. The number of hydrogen-bond acceptors (Lipinski definition) is 6. The molecule has 3 rings (SSSR count). The number of thioether (sulfide) groups is 2. The number of thiazole rings is 1. The number of aromatic nitrogens is 1. The van der Waals surface area contributed by atoms with Crippen LogP contribution in [-0.2, 0) is 0 Å². The Morgan fingerprint density at radius 3 is 2.50 bits per heavy atom. The van der Waals surface area contributed by atoms with Gasteiger partial charge in [-0.05, 0) is 56.9 Å². The van der Waals surface area contributed by atoms with Crippen molar-refractivity contribution in [2.24, 2.45) is 0 Å². The summed E-state index contributed by atoms with van der Waals surface area (Å²) >= 11 is 4.88. The molecule has 150 valence electrons. The Morgan fingerprint density at radius 1 is 1.07 bits per heavy atom. The van der Waals surface area contributed by atoms with E-state index in [0.29, 0.717) is 6.54 Å². The molecular formula is C20H24ClN3OS3. The van der Waals surface area contributed by atoms with E-state index in [0.717, 1.165) is 32.4 Å². The molecule has 8 heteroatoms. The van der Waals surface area contributed by atoms with Gasteiger partial charge in [-0.1, -0.05) is 23.5 Å². The SMILES string of the molecule is CSc1ccc2nc(N(CCN(C)C)C(=O)c3ccccc3SC)sc2c1.Cl. The summed E-state index contributed by atoms with van der Waals surface area (Å²) in [6.45, 7) is 1.38. The number of halogens is 1. The molecule has 4 nitrogen and oxygen atoms in total. The monoisotopic (exact) mass is 453 g/mol. The highest BCUT2D eigenvalue weighted by atomic mass is 35.5. The van der Waals surface area contributed by atoms with E-state index >= 15 is 0 Å². The molecule has 2 aromatic carbocycles. The summed E-state index contributed by atoms with van der Waals surface area (Å²) in [5.41, 5.74) is 1.67. The second-order valence-corrected chi connectivity index (χ2v) is 9.03. The Bertz CT molecular complexity index is 945. The zero-order valence-electron chi connectivity index (χ0n) is 16.3. The van der Waals surface area contributed by atoms with Gasteiger partial charge in [-0.2, -0.15) is 0 Å². The average molecular weight is 454 g/mol. The average Bonchev–Trinajstić information content (AvgIpc) is 3.10. The van der Waals surface area contributed by atoms with Crippen LogP contribution in [0.3, 0.4) is 0 Å². The highest BCUT2D eigenvalue weighted by Gasteiger charge is 2.23. The highest BCUT2D eigenvalue weighted by molar-refractivity contribution is 7.98. The summed E-state index contributed by atoms with van der Waals surface area (Å²) in [6, 6.07) is 14.0. The minimum atomic E-state index is 0. The Morgan fingerprint density at radius 2 is 1.82 bits per heavy atom. The molecule has 0 fully saturated rings. The number of amides is 1. The van der Waals surface area contributed by atoms with E-state index in [4.69, 9.17) is 4.98 Å². The largest absolute Gasteiger partial charge is 0.308 e. The van der Waals surface area contributed by atoms with Crippen molar-refractivity contribution in [2.45, 2.75) is 9.79 Å². The molecule has 0 atom stereocenters. The van der Waals surface area contributed by atoms with E-state index in [2.05, 4.69) is 23.3 Å². The molecule has 0 saturated heterocycles. The quantitative estimate of drug-likeness (QED) is 0.449. The predicted molar refractivity (Wildman–Crippen MR) is 127 cm³/mol. The minimum absolute atomic E-state index is 0. The molecule has 1 heterocycles. The summed E-state index contributed by atoms with van der Waals surface area (Å²) in [4.78, 5) is 24.2. The third-order valence-electron chi connectivity index (χ3n) is 4.17. The lowest BCUT2D eigenvalue weighted by Crippen LogP contribution is -2.37. The first kappa shape index (κ1) is 23.0. The van der Waals surface area contributed by atoms with Crippen LogP contribution in [0.25, 0.3) is 10.2 Å². The van der Waals surface area contributed by atoms with E-state index in [1.807, 2.05) is 55.6 Å². The van der Waals surface area contributed by atoms with Gasteiger partial charge in [-0.25, -0.2) is 4.98 Å². The molecule has 1 aromatic heterocycles. The maximum Gasteiger partial charge on any atom is 0.261 e. The van der Waals surface area contributed by atoms with Crippen LogP contribution in [0.5, 0.6) is 0 Å². The van der Waals surface area contributed by atoms with Gasteiger partial charge in [0.25, 0.3) is 5.91 Å². The van der Waals surface area contributed by atoms with Crippen molar-refractivity contribution in [1.82, 2.24) is 9.88 Å². The van der Waals surface area contributed by atoms with Crippen molar-refractivity contribution in [2.75, 3.05) is 44.6 Å². The summed E-state index contributed by atoms with van der Waals surface area (Å²) in [6.07, 6.45) is 4.06. The van der Waals surface area contributed by atoms with Gasteiger partial charge < -0.3 is 4.90 Å². The molecule has 0 radical (unpaired) electrons. The molecule has 0 saturated carbocycles. The molecule has 28 heavy (non-hydrogen) atoms. The molecule has 0 spiro atoms. The van der Waals surface area contributed by atoms with Crippen LogP contribution < -0.4 is 4.90 Å². The molecule has 1 amide bonds. The van der Waals surface area contributed by atoms with Crippen LogP contribution in [0.4, 0.5) is 5.13 Å². The number of hydrogen-bond donors (Lipinski definition) is 0. The summed E-state index contributed by atoms with van der Waals surface area (Å²) in [5, 5.41) is 0.756. The topological polar surface area (TPSA) is 36.4 Å². The lowest BCUT2D eigenvalue weighted by Gasteiger charge is -2.22. The molecule has 0 unspecified atom stereocenters. The molecule has 3 aromatic rings. The fourth-order valence-corrected chi connectivity index (χ4v) is 4.82. The minimum Gasteiger partial charge on any atom is -0.308 e. The number of anilines is 1. The second-order valence-electron chi connectivity index (χ2n) is 6.29. The third kappa shape index (κ3) is 5.21. The number of carbonyl (C=O) groups excluding carboxylic acids is 1. The summed E-state index contributed by atoms with van der Waals surface area (Å²) in [7, 11) is 4.03. The normalized spacial score (nSPS) is 10.9. The molecule has 0 bridgehead atoms. The first-order valence-electron chi connectivity index (χ1n) is 8.57. The maximum absolute atomic E-state index is 13.4. The highest BCUT2D eigenvalue weighted by Crippen LogP contribution is 2.33. The Kier molecular flexibility index (Phi) is 8.64. The molecule has 0 aliphatic rings. The molecular weight excluding hydrogens is 430 g/mol. The van der Waals surface area contributed by atoms with Crippen LogP contribution in [0.15, 0.2) is 52.3 Å². The lowest BCUT2D eigenvalue weighted by atomic mass is 10.2. The number of benzene rings is 2. The Labute approximate surface area is 185 Å². The van der Waals surface area contributed by atoms with E-state index < -0.39 is 0 Å². The number of likely N-dealkylation sites (N-methyl/N-ethyl adjacent to an activating group) is 1. The van der Waals surface area contributed by atoms with Gasteiger partial charge in [0.15, 0.2) is 5.13 Å². The fraction of sp³-hybridized carbons (Fsp3) is 0.300.